The lowest BCUT2D eigenvalue weighted by molar-refractivity contribution is 0.601. The number of unbranched alkanes of at least 4 members (excludes halogenated alkanes) is 1. The van der Waals surface area contributed by atoms with Gasteiger partial charge >= 0.3 is 0 Å². The highest BCUT2D eigenvalue weighted by molar-refractivity contribution is 7.92. The third-order valence-electron chi connectivity index (χ3n) is 5.02. The van der Waals surface area contributed by atoms with Gasteiger partial charge in [0, 0.05) is 10.7 Å². The molecule has 0 saturated heterocycles. The molecule has 0 saturated carbocycles. The van der Waals surface area contributed by atoms with Crippen LogP contribution in [0.5, 0.6) is 0 Å². The molecule has 1 heterocycles. The maximum atomic E-state index is 13.1. The first-order chi connectivity index (χ1) is 15.9. The lowest BCUT2D eigenvalue weighted by Crippen LogP contribution is -2.16. The molecule has 0 amide bonds. The zero-order chi connectivity index (χ0) is 23.4. The van der Waals surface area contributed by atoms with Crippen LogP contribution < -0.4 is 10.0 Å². The highest BCUT2D eigenvalue weighted by Gasteiger charge is 2.22. The minimum Gasteiger partial charge on any atom is -0.337 e. The topological polar surface area (TPSA) is 84.0 Å². The molecule has 1 aromatic heterocycles. The van der Waals surface area contributed by atoms with Gasteiger partial charge in [-0.2, -0.15) is 0 Å². The Bertz CT molecular complexity index is 1390. The quantitative estimate of drug-likeness (QED) is 0.277. The Morgan fingerprint density at radius 1 is 0.879 bits per heavy atom. The average molecular weight is 501 g/mol. The second kappa shape index (κ2) is 9.95. The van der Waals surface area contributed by atoms with Crippen LogP contribution in [0, 0.1) is 0 Å². The first-order valence-electron chi connectivity index (χ1n) is 10.5. The number of halogens is 2. The molecule has 0 bridgehead atoms. The van der Waals surface area contributed by atoms with Gasteiger partial charge in [-0.15, -0.1) is 0 Å². The number of nitrogens with zero attached hydrogens (tertiary/aromatic N) is 2. The van der Waals surface area contributed by atoms with Gasteiger partial charge in [-0.25, -0.2) is 18.4 Å². The van der Waals surface area contributed by atoms with Gasteiger partial charge in [-0.05, 0) is 60.9 Å². The molecule has 0 aliphatic rings. The summed E-state index contributed by atoms with van der Waals surface area (Å²) in [4.78, 5) is 8.96. The van der Waals surface area contributed by atoms with Gasteiger partial charge in [0.15, 0.2) is 11.6 Å². The molecule has 4 rings (SSSR count). The van der Waals surface area contributed by atoms with Crippen molar-refractivity contribution in [3.05, 3.63) is 82.3 Å². The molecular weight excluding hydrogens is 479 g/mol. The Hall–Kier alpha value is -2.87. The molecule has 9 heteroatoms. The van der Waals surface area contributed by atoms with Crippen molar-refractivity contribution in [1.82, 2.24) is 9.97 Å². The Morgan fingerprint density at radius 3 is 2.21 bits per heavy atom. The number of para-hydroxylation sites is 2. The van der Waals surface area contributed by atoms with E-state index in [1.54, 1.807) is 6.07 Å². The van der Waals surface area contributed by atoms with E-state index in [-0.39, 0.29) is 26.6 Å². The van der Waals surface area contributed by atoms with Crippen LogP contribution in [0.25, 0.3) is 11.0 Å². The molecule has 0 unspecified atom stereocenters. The molecule has 4 aromatic rings. The lowest BCUT2D eigenvalue weighted by atomic mass is 10.1. The third kappa shape index (κ3) is 5.55. The summed E-state index contributed by atoms with van der Waals surface area (Å²) < 4.78 is 28.7. The summed E-state index contributed by atoms with van der Waals surface area (Å²) in [6, 6.07) is 19.4. The van der Waals surface area contributed by atoms with E-state index in [2.05, 4.69) is 26.9 Å². The van der Waals surface area contributed by atoms with Gasteiger partial charge in [-0.3, -0.25) is 4.72 Å². The zero-order valence-corrected chi connectivity index (χ0v) is 20.2. The maximum Gasteiger partial charge on any atom is 0.264 e. The molecule has 3 aromatic carbocycles. The van der Waals surface area contributed by atoms with Crippen molar-refractivity contribution in [1.29, 1.82) is 0 Å². The molecular formula is C24H22Cl2N4O2S. The Kier molecular flexibility index (Phi) is 7.02. The van der Waals surface area contributed by atoms with Gasteiger partial charge in [0.1, 0.15) is 4.90 Å². The van der Waals surface area contributed by atoms with Gasteiger partial charge in [0.05, 0.1) is 16.1 Å². The van der Waals surface area contributed by atoms with Crippen molar-refractivity contribution in [3.8, 4) is 0 Å². The highest BCUT2D eigenvalue weighted by atomic mass is 35.5. The van der Waals surface area contributed by atoms with Gasteiger partial charge in [0.25, 0.3) is 10.0 Å². The molecule has 33 heavy (non-hydrogen) atoms. The molecule has 170 valence electrons. The monoisotopic (exact) mass is 500 g/mol. The van der Waals surface area contributed by atoms with Crippen molar-refractivity contribution < 1.29 is 8.42 Å². The number of fused-ring (bicyclic) bond motifs is 1. The van der Waals surface area contributed by atoms with E-state index in [4.69, 9.17) is 23.2 Å². The van der Waals surface area contributed by atoms with E-state index in [1.807, 2.05) is 42.5 Å². The fourth-order valence-electron chi connectivity index (χ4n) is 3.30. The van der Waals surface area contributed by atoms with Crippen LogP contribution in [0.4, 0.5) is 17.3 Å². The second-order valence-electron chi connectivity index (χ2n) is 7.52. The lowest BCUT2D eigenvalue weighted by Gasteiger charge is -2.15. The van der Waals surface area contributed by atoms with Crippen LogP contribution >= 0.6 is 23.2 Å². The number of aromatic nitrogens is 2. The average Bonchev–Trinajstić information content (AvgIpc) is 2.80. The summed E-state index contributed by atoms with van der Waals surface area (Å²) in [5.41, 5.74) is 3.18. The first kappa shape index (κ1) is 23.3. The molecule has 0 fully saturated rings. The van der Waals surface area contributed by atoms with E-state index >= 15 is 0 Å². The standard InChI is InChI=1S/C24H22Cl2N4O2S/c1-2-3-6-16-9-12-18(13-10-16)27-23-24(29-21-8-5-4-7-20(21)28-23)30-33(31,32)22-15-17(25)11-14-19(22)26/h4-5,7-15H,2-3,6H2,1H3,(H,27,28)(H,29,30). The number of hydrogen-bond acceptors (Lipinski definition) is 5. The summed E-state index contributed by atoms with van der Waals surface area (Å²) in [6.07, 6.45) is 3.27. The van der Waals surface area contributed by atoms with Gasteiger partial charge < -0.3 is 5.32 Å². The smallest absolute Gasteiger partial charge is 0.264 e. The SMILES string of the molecule is CCCCc1ccc(Nc2nc3ccccc3nc2NS(=O)(=O)c2cc(Cl)ccc2Cl)cc1. The predicted octanol–water partition coefficient (Wildman–Crippen LogP) is 6.82. The third-order valence-corrected chi connectivity index (χ3v) is 7.08. The fraction of sp³-hybridized carbons (Fsp3) is 0.167. The van der Waals surface area contributed by atoms with Crippen LogP contribution in [-0.4, -0.2) is 18.4 Å². The largest absolute Gasteiger partial charge is 0.337 e. The fourth-order valence-corrected chi connectivity index (χ4v) is 5.07. The van der Waals surface area contributed by atoms with Gasteiger partial charge in [0.2, 0.25) is 0 Å². The second-order valence-corrected chi connectivity index (χ2v) is 10.0. The van der Waals surface area contributed by atoms with E-state index in [0.717, 1.165) is 24.9 Å². The van der Waals surface area contributed by atoms with Crippen LogP contribution in [-0.2, 0) is 16.4 Å². The van der Waals surface area contributed by atoms with Crippen molar-refractivity contribution in [2.45, 2.75) is 31.1 Å². The molecule has 6 nitrogen and oxygen atoms in total. The predicted molar refractivity (Wildman–Crippen MR) is 135 cm³/mol. The van der Waals surface area contributed by atoms with Crippen molar-refractivity contribution in [2.24, 2.45) is 0 Å². The molecule has 2 N–H and O–H groups in total. The van der Waals surface area contributed by atoms with Crippen LogP contribution in [0.15, 0.2) is 71.6 Å². The molecule has 0 radical (unpaired) electrons. The molecule has 0 aliphatic heterocycles. The number of aryl methyl sites for hydroxylation is 1. The van der Waals surface area contributed by atoms with E-state index in [9.17, 15) is 8.42 Å². The van der Waals surface area contributed by atoms with Crippen molar-refractivity contribution >= 4 is 61.6 Å². The number of benzene rings is 3. The highest BCUT2D eigenvalue weighted by Crippen LogP contribution is 2.30. The van der Waals surface area contributed by atoms with E-state index < -0.39 is 10.0 Å². The first-order valence-corrected chi connectivity index (χ1v) is 12.7. The van der Waals surface area contributed by atoms with Crippen LogP contribution in [0.1, 0.15) is 25.3 Å². The Labute approximate surface area is 203 Å². The number of rotatable bonds is 8. The maximum absolute atomic E-state index is 13.1. The molecule has 0 aliphatic carbocycles. The summed E-state index contributed by atoms with van der Waals surface area (Å²) in [7, 11) is -4.08. The van der Waals surface area contributed by atoms with Crippen molar-refractivity contribution in [2.75, 3.05) is 10.0 Å². The Morgan fingerprint density at radius 2 is 1.55 bits per heavy atom. The van der Waals surface area contributed by atoms with Crippen LogP contribution in [0.2, 0.25) is 10.0 Å². The van der Waals surface area contributed by atoms with Crippen LogP contribution in [0.3, 0.4) is 0 Å². The summed E-state index contributed by atoms with van der Waals surface area (Å²) in [5, 5.41) is 3.50. The van der Waals surface area contributed by atoms with Gasteiger partial charge in [-0.1, -0.05) is 60.8 Å². The summed E-state index contributed by atoms with van der Waals surface area (Å²) in [5.74, 6) is 0.330. The Balaban J connectivity index is 1.71. The molecule has 0 atom stereocenters. The van der Waals surface area contributed by atoms with Crippen molar-refractivity contribution in [3.63, 3.8) is 0 Å². The van der Waals surface area contributed by atoms with E-state index in [0.29, 0.717) is 11.0 Å². The zero-order valence-electron chi connectivity index (χ0n) is 17.8. The van der Waals surface area contributed by atoms with E-state index in [1.165, 1.54) is 23.8 Å². The molecule has 0 spiro atoms. The number of anilines is 3. The summed E-state index contributed by atoms with van der Waals surface area (Å²) >= 11 is 12.1. The minimum absolute atomic E-state index is 0.0535. The minimum atomic E-state index is -4.08. The normalized spacial score (nSPS) is 11.5. The number of nitrogens with one attached hydrogen (secondary N) is 2. The summed E-state index contributed by atoms with van der Waals surface area (Å²) in [6.45, 7) is 2.16. The number of hydrogen-bond donors (Lipinski definition) is 2. The number of sulfonamides is 1.